The molecular formula is C18H27N3O2S. The monoisotopic (exact) mass is 349 g/mol. The van der Waals surface area contributed by atoms with Crippen molar-refractivity contribution in [1.29, 1.82) is 0 Å². The van der Waals surface area contributed by atoms with Crippen molar-refractivity contribution in [3.63, 3.8) is 0 Å². The van der Waals surface area contributed by atoms with E-state index in [1.165, 1.54) is 37.8 Å². The molecule has 6 heteroatoms. The third-order valence-electron chi connectivity index (χ3n) is 5.01. The highest BCUT2D eigenvalue weighted by Crippen LogP contribution is 2.33. The fourth-order valence-corrected chi connectivity index (χ4v) is 4.47. The lowest BCUT2D eigenvalue weighted by Crippen LogP contribution is -2.43. The van der Waals surface area contributed by atoms with Crippen molar-refractivity contribution in [2.75, 3.05) is 19.6 Å². The third-order valence-corrected chi connectivity index (χ3v) is 5.94. The molecule has 1 N–H and O–H groups in total. The quantitative estimate of drug-likeness (QED) is 0.859. The Hall–Kier alpha value is -1.43. The number of amides is 2. The topological polar surface area (TPSA) is 62.3 Å². The van der Waals surface area contributed by atoms with Crippen LogP contribution in [0.15, 0.2) is 5.38 Å². The van der Waals surface area contributed by atoms with Gasteiger partial charge in [-0.25, -0.2) is 4.98 Å². The largest absolute Gasteiger partial charge is 0.354 e. The van der Waals surface area contributed by atoms with E-state index in [0.717, 1.165) is 24.3 Å². The summed E-state index contributed by atoms with van der Waals surface area (Å²) in [6.45, 7) is 1.51. The molecule has 3 rings (SSSR count). The summed E-state index contributed by atoms with van der Waals surface area (Å²) < 4.78 is 0. The van der Waals surface area contributed by atoms with Crippen LogP contribution in [0.3, 0.4) is 0 Å². The van der Waals surface area contributed by atoms with E-state index in [2.05, 4.69) is 10.7 Å². The highest BCUT2D eigenvalue weighted by molar-refractivity contribution is 7.09. The molecule has 0 unspecified atom stereocenters. The minimum atomic E-state index is -0.0608. The molecule has 2 fully saturated rings. The van der Waals surface area contributed by atoms with E-state index < -0.39 is 0 Å². The van der Waals surface area contributed by atoms with Crippen LogP contribution in [0.1, 0.15) is 68.0 Å². The summed E-state index contributed by atoms with van der Waals surface area (Å²) in [5.41, 5.74) is 1.25. The van der Waals surface area contributed by atoms with Gasteiger partial charge < -0.3 is 10.2 Å². The second kappa shape index (κ2) is 8.60. The highest BCUT2D eigenvalue weighted by atomic mass is 32.1. The fraction of sp³-hybridized carbons (Fsp3) is 0.722. The minimum absolute atomic E-state index is 0.0608. The maximum Gasteiger partial charge on any atom is 0.239 e. The number of hydrogen-bond acceptors (Lipinski definition) is 4. The summed E-state index contributed by atoms with van der Waals surface area (Å²) >= 11 is 1.70. The predicted molar refractivity (Wildman–Crippen MR) is 95.1 cm³/mol. The van der Waals surface area contributed by atoms with Gasteiger partial charge in [-0.2, -0.15) is 0 Å². The Kier molecular flexibility index (Phi) is 6.24. The molecule has 0 aromatic carbocycles. The van der Waals surface area contributed by atoms with Crippen molar-refractivity contribution < 1.29 is 9.59 Å². The van der Waals surface area contributed by atoms with E-state index in [1.807, 2.05) is 0 Å². The Morgan fingerprint density at radius 2 is 2.08 bits per heavy atom. The molecule has 0 radical (unpaired) electrons. The van der Waals surface area contributed by atoms with Crippen LogP contribution < -0.4 is 5.32 Å². The molecule has 1 aromatic heterocycles. The number of likely N-dealkylation sites (tertiary alicyclic amines) is 1. The maximum atomic E-state index is 12.0. The summed E-state index contributed by atoms with van der Waals surface area (Å²) in [7, 11) is 0. The molecule has 1 saturated carbocycles. The second-order valence-electron chi connectivity index (χ2n) is 6.87. The van der Waals surface area contributed by atoms with Crippen molar-refractivity contribution in [3.05, 3.63) is 16.1 Å². The minimum Gasteiger partial charge on any atom is -0.354 e. The van der Waals surface area contributed by atoms with Crippen LogP contribution in [0.4, 0.5) is 0 Å². The molecule has 1 aromatic rings. The van der Waals surface area contributed by atoms with E-state index in [-0.39, 0.29) is 18.4 Å². The van der Waals surface area contributed by atoms with Crippen molar-refractivity contribution in [2.24, 2.45) is 0 Å². The number of hydrogen-bond donors (Lipinski definition) is 1. The lowest BCUT2D eigenvalue weighted by molar-refractivity contribution is -0.137. The van der Waals surface area contributed by atoms with Crippen molar-refractivity contribution in [2.45, 2.75) is 63.7 Å². The molecule has 24 heavy (non-hydrogen) atoms. The number of carbonyl (C=O) groups excluding carboxylic acids is 2. The first-order chi connectivity index (χ1) is 11.7. The fourth-order valence-electron chi connectivity index (χ4n) is 3.59. The zero-order valence-electron chi connectivity index (χ0n) is 14.3. The summed E-state index contributed by atoms with van der Waals surface area (Å²) in [5.74, 6) is 0.686. The molecular weight excluding hydrogens is 322 g/mol. The first-order valence-corrected chi connectivity index (χ1v) is 10.1. The average Bonchev–Trinajstić information content (AvgIpc) is 3.07. The number of aromatic nitrogens is 1. The molecule has 2 aliphatic rings. The SMILES string of the molecule is O=C(CN1CCCCC1=O)NCCc1nc(C2CCCCC2)cs1. The van der Waals surface area contributed by atoms with Gasteiger partial charge in [-0.05, 0) is 25.7 Å². The lowest BCUT2D eigenvalue weighted by Gasteiger charge is -2.25. The number of nitrogens with zero attached hydrogens (tertiary/aromatic N) is 2. The predicted octanol–water partition coefficient (Wildman–Crippen LogP) is 2.86. The molecule has 1 aliphatic heterocycles. The van der Waals surface area contributed by atoms with Crippen LogP contribution in [0.2, 0.25) is 0 Å². The second-order valence-corrected chi connectivity index (χ2v) is 7.82. The van der Waals surface area contributed by atoms with E-state index in [9.17, 15) is 9.59 Å². The summed E-state index contributed by atoms with van der Waals surface area (Å²) in [6.07, 6.45) is 9.85. The van der Waals surface area contributed by atoms with Gasteiger partial charge in [-0.3, -0.25) is 9.59 Å². The number of rotatable bonds is 6. The van der Waals surface area contributed by atoms with Crippen molar-refractivity contribution in [3.8, 4) is 0 Å². The molecule has 2 heterocycles. The Morgan fingerprint density at radius 3 is 2.88 bits per heavy atom. The highest BCUT2D eigenvalue weighted by Gasteiger charge is 2.20. The van der Waals surface area contributed by atoms with Gasteiger partial charge in [0, 0.05) is 37.2 Å². The van der Waals surface area contributed by atoms with Crippen LogP contribution in [0.25, 0.3) is 0 Å². The maximum absolute atomic E-state index is 12.0. The van der Waals surface area contributed by atoms with Gasteiger partial charge in [0.05, 0.1) is 17.2 Å². The Balaban J connectivity index is 1.39. The standard InChI is InChI=1S/C18H27N3O2S/c22-16(12-21-11-5-4-8-18(21)23)19-10-9-17-20-15(13-24-17)14-6-2-1-3-7-14/h13-14H,1-12H2,(H,19,22). The van der Waals surface area contributed by atoms with E-state index >= 15 is 0 Å². The molecule has 132 valence electrons. The molecule has 0 bridgehead atoms. The van der Waals surface area contributed by atoms with Crippen molar-refractivity contribution >= 4 is 23.2 Å². The summed E-state index contributed by atoms with van der Waals surface area (Å²) in [6, 6.07) is 0. The van der Waals surface area contributed by atoms with Gasteiger partial charge in [0.15, 0.2) is 0 Å². The van der Waals surface area contributed by atoms with E-state index in [0.29, 0.717) is 25.4 Å². The van der Waals surface area contributed by atoms with Gasteiger partial charge in [0.2, 0.25) is 11.8 Å². The van der Waals surface area contributed by atoms with Crippen LogP contribution in [0.5, 0.6) is 0 Å². The third kappa shape index (κ3) is 4.79. The molecule has 5 nitrogen and oxygen atoms in total. The van der Waals surface area contributed by atoms with Gasteiger partial charge in [0.25, 0.3) is 0 Å². The van der Waals surface area contributed by atoms with Crippen LogP contribution >= 0.6 is 11.3 Å². The van der Waals surface area contributed by atoms with Crippen molar-refractivity contribution in [1.82, 2.24) is 15.2 Å². The first kappa shape index (κ1) is 17.4. The van der Waals surface area contributed by atoms with Gasteiger partial charge in [0.1, 0.15) is 0 Å². The Labute approximate surface area is 147 Å². The zero-order valence-corrected chi connectivity index (χ0v) is 15.1. The Bertz CT molecular complexity index is 566. The lowest BCUT2D eigenvalue weighted by atomic mass is 9.87. The van der Waals surface area contributed by atoms with E-state index in [4.69, 9.17) is 4.98 Å². The number of carbonyl (C=O) groups is 2. The number of piperidine rings is 1. The molecule has 0 atom stereocenters. The summed E-state index contributed by atoms with van der Waals surface area (Å²) in [4.78, 5) is 30.1. The van der Waals surface area contributed by atoms with Crippen LogP contribution in [-0.4, -0.2) is 41.3 Å². The van der Waals surface area contributed by atoms with E-state index in [1.54, 1.807) is 16.2 Å². The number of thiazole rings is 1. The molecule has 1 saturated heterocycles. The van der Waals surface area contributed by atoms with Crippen LogP contribution in [0, 0.1) is 0 Å². The first-order valence-electron chi connectivity index (χ1n) is 9.21. The number of nitrogens with one attached hydrogen (secondary N) is 1. The molecule has 1 aliphatic carbocycles. The van der Waals surface area contributed by atoms with Crippen LogP contribution in [-0.2, 0) is 16.0 Å². The zero-order chi connectivity index (χ0) is 16.8. The van der Waals surface area contributed by atoms with Gasteiger partial charge in [-0.15, -0.1) is 11.3 Å². The smallest absolute Gasteiger partial charge is 0.239 e. The molecule has 2 amide bonds. The summed E-state index contributed by atoms with van der Waals surface area (Å²) in [5, 5.41) is 6.22. The van der Waals surface area contributed by atoms with Gasteiger partial charge >= 0.3 is 0 Å². The Morgan fingerprint density at radius 1 is 1.25 bits per heavy atom. The molecule has 0 spiro atoms. The van der Waals surface area contributed by atoms with Gasteiger partial charge in [-0.1, -0.05) is 19.3 Å². The average molecular weight is 350 g/mol. The normalized spacial score (nSPS) is 19.5.